The number of ether oxygens (including phenoxy) is 1. The van der Waals surface area contributed by atoms with E-state index in [-0.39, 0.29) is 17.7 Å². The number of carboxylic acids is 1. The summed E-state index contributed by atoms with van der Waals surface area (Å²) in [5.74, 6) is -0.679. The Morgan fingerprint density at radius 2 is 1.96 bits per heavy atom. The van der Waals surface area contributed by atoms with Crippen molar-refractivity contribution in [3.05, 3.63) is 51.8 Å². The van der Waals surface area contributed by atoms with Crippen LogP contribution in [0.1, 0.15) is 41.9 Å². The zero-order valence-corrected chi connectivity index (χ0v) is 15.7. The quantitative estimate of drug-likeness (QED) is 0.792. The molecule has 2 N–H and O–H groups in total. The summed E-state index contributed by atoms with van der Waals surface area (Å²) in [5, 5.41) is 13.0. The molecule has 1 spiro atoms. The molecule has 1 saturated carbocycles. The lowest BCUT2D eigenvalue weighted by atomic mass is 9.71. The molecule has 0 saturated heterocycles. The minimum absolute atomic E-state index is 0.0593. The van der Waals surface area contributed by atoms with Crippen LogP contribution < -0.4 is 10.1 Å². The maximum absolute atomic E-state index is 12.7. The molecule has 0 radical (unpaired) electrons. The normalized spacial score (nSPS) is 23.8. The van der Waals surface area contributed by atoms with Crippen molar-refractivity contribution in [2.45, 2.75) is 37.2 Å². The summed E-state index contributed by atoms with van der Waals surface area (Å²) in [6.45, 7) is 0. The van der Waals surface area contributed by atoms with Crippen LogP contribution >= 0.6 is 23.2 Å². The highest BCUT2D eigenvalue weighted by Crippen LogP contribution is 2.47. The minimum atomic E-state index is -1.11. The maximum atomic E-state index is 12.7. The van der Waals surface area contributed by atoms with E-state index in [4.69, 9.17) is 27.9 Å². The molecule has 140 valence electrons. The fourth-order valence-electron chi connectivity index (χ4n) is 3.81. The summed E-state index contributed by atoms with van der Waals surface area (Å²) in [4.78, 5) is 28.2. The highest BCUT2D eigenvalue weighted by molar-refractivity contribution is 6.35. The molecule has 1 aliphatic heterocycles. The number of aromatic nitrogens is 1. The van der Waals surface area contributed by atoms with Gasteiger partial charge in [0, 0.05) is 5.02 Å². The first-order valence-corrected chi connectivity index (χ1v) is 9.33. The Hall–Kier alpha value is -2.31. The smallest absolute Gasteiger partial charge is 0.354 e. The van der Waals surface area contributed by atoms with E-state index in [1.54, 1.807) is 24.3 Å². The van der Waals surface area contributed by atoms with Gasteiger partial charge in [-0.2, -0.15) is 0 Å². The second-order valence-corrected chi connectivity index (χ2v) is 7.67. The lowest BCUT2D eigenvalue weighted by Crippen LogP contribution is -2.41. The summed E-state index contributed by atoms with van der Waals surface area (Å²) >= 11 is 12.1. The van der Waals surface area contributed by atoms with Gasteiger partial charge in [-0.3, -0.25) is 4.79 Å². The molecule has 4 rings (SSSR count). The number of nitrogens with one attached hydrogen (secondary N) is 1. The molecule has 0 atom stereocenters. The van der Waals surface area contributed by atoms with E-state index in [1.165, 1.54) is 6.07 Å². The summed E-state index contributed by atoms with van der Waals surface area (Å²) in [6, 6.07) is 8.07. The van der Waals surface area contributed by atoms with Gasteiger partial charge in [-0.25, -0.2) is 9.78 Å². The zero-order chi connectivity index (χ0) is 19.2. The first kappa shape index (κ1) is 18.1. The first-order chi connectivity index (χ1) is 12.9. The maximum Gasteiger partial charge on any atom is 0.354 e. The van der Waals surface area contributed by atoms with E-state index in [1.807, 2.05) is 0 Å². The molecule has 0 bridgehead atoms. The molecular weight excluding hydrogens is 391 g/mol. The third-order valence-electron chi connectivity index (χ3n) is 5.22. The van der Waals surface area contributed by atoms with Crippen LogP contribution in [0.2, 0.25) is 10.0 Å². The number of halogens is 2. The molecule has 6 nitrogen and oxygen atoms in total. The van der Waals surface area contributed by atoms with Crippen LogP contribution in [0.4, 0.5) is 5.69 Å². The SMILES string of the molecule is O=C(O)c1ccc2c(n1)C1(CCC(Oc3ccc(Cl)cc3Cl)CC1)C(=O)N2. The molecule has 1 aromatic carbocycles. The molecule has 2 aliphatic rings. The zero-order valence-electron chi connectivity index (χ0n) is 14.2. The van der Waals surface area contributed by atoms with Gasteiger partial charge in [0.1, 0.15) is 11.4 Å². The van der Waals surface area contributed by atoms with Gasteiger partial charge in [-0.1, -0.05) is 23.2 Å². The van der Waals surface area contributed by atoms with Crippen LogP contribution in [-0.2, 0) is 10.2 Å². The fourth-order valence-corrected chi connectivity index (χ4v) is 4.26. The molecule has 1 amide bonds. The number of aromatic carboxylic acids is 1. The van der Waals surface area contributed by atoms with Crippen molar-refractivity contribution in [2.75, 3.05) is 5.32 Å². The number of nitrogens with zero attached hydrogens (tertiary/aromatic N) is 1. The number of hydrogen-bond acceptors (Lipinski definition) is 4. The van der Waals surface area contributed by atoms with Crippen molar-refractivity contribution in [3.8, 4) is 5.75 Å². The Labute approximate surface area is 165 Å². The highest BCUT2D eigenvalue weighted by Gasteiger charge is 2.50. The number of amides is 1. The topological polar surface area (TPSA) is 88.5 Å². The number of carbonyl (C=O) groups excluding carboxylic acids is 1. The second-order valence-electron chi connectivity index (χ2n) is 6.83. The monoisotopic (exact) mass is 406 g/mol. The molecule has 1 aliphatic carbocycles. The van der Waals surface area contributed by atoms with Crippen molar-refractivity contribution in [3.63, 3.8) is 0 Å². The van der Waals surface area contributed by atoms with Gasteiger partial charge in [0.05, 0.1) is 27.9 Å². The van der Waals surface area contributed by atoms with Crippen molar-refractivity contribution >= 4 is 40.8 Å². The lowest BCUT2D eigenvalue weighted by Gasteiger charge is -2.35. The van der Waals surface area contributed by atoms with Gasteiger partial charge in [-0.15, -0.1) is 0 Å². The largest absolute Gasteiger partial charge is 0.489 e. The van der Waals surface area contributed by atoms with Crippen LogP contribution in [0.15, 0.2) is 30.3 Å². The van der Waals surface area contributed by atoms with Crippen molar-refractivity contribution in [1.82, 2.24) is 4.98 Å². The van der Waals surface area contributed by atoms with Gasteiger partial charge in [0.15, 0.2) is 0 Å². The number of pyridine rings is 1. The Kier molecular flexibility index (Phi) is 4.48. The van der Waals surface area contributed by atoms with Crippen LogP contribution in [0.3, 0.4) is 0 Å². The van der Waals surface area contributed by atoms with Gasteiger partial charge < -0.3 is 15.2 Å². The number of hydrogen-bond donors (Lipinski definition) is 2. The fraction of sp³-hybridized carbons (Fsp3) is 0.316. The third kappa shape index (κ3) is 3.13. The molecule has 27 heavy (non-hydrogen) atoms. The average molecular weight is 407 g/mol. The van der Waals surface area contributed by atoms with E-state index < -0.39 is 11.4 Å². The van der Waals surface area contributed by atoms with Crippen molar-refractivity contribution in [1.29, 1.82) is 0 Å². The second kappa shape index (κ2) is 6.69. The average Bonchev–Trinajstić information content (AvgIpc) is 2.90. The van der Waals surface area contributed by atoms with E-state index in [2.05, 4.69) is 10.3 Å². The Balaban J connectivity index is 1.54. The highest BCUT2D eigenvalue weighted by atomic mass is 35.5. The molecule has 1 aromatic heterocycles. The number of fused-ring (bicyclic) bond motifs is 2. The molecule has 8 heteroatoms. The molecule has 1 fully saturated rings. The first-order valence-electron chi connectivity index (χ1n) is 8.57. The van der Waals surface area contributed by atoms with Crippen LogP contribution in [0.5, 0.6) is 5.75 Å². The van der Waals surface area contributed by atoms with Crippen LogP contribution in [0, 0.1) is 0 Å². The van der Waals surface area contributed by atoms with Gasteiger partial charge in [0.25, 0.3) is 0 Å². The predicted molar refractivity (Wildman–Crippen MR) is 101 cm³/mol. The Morgan fingerprint density at radius 3 is 2.63 bits per heavy atom. The standard InChI is InChI=1S/C19H16Cl2N2O4/c20-10-1-4-15(12(21)9-10)27-11-5-7-19(8-6-11)16-13(23-18(19)26)2-3-14(22-16)17(24)25/h1-4,9,11H,5-8H2,(H,23,26)(H,24,25). The van der Waals surface area contributed by atoms with Gasteiger partial charge >= 0.3 is 5.97 Å². The number of benzene rings is 1. The molecular formula is C19H16Cl2N2O4. The lowest BCUT2D eigenvalue weighted by molar-refractivity contribution is -0.122. The summed E-state index contributed by atoms with van der Waals surface area (Å²) in [6.07, 6.45) is 2.22. The minimum Gasteiger partial charge on any atom is -0.489 e. The summed E-state index contributed by atoms with van der Waals surface area (Å²) < 4.78 is 5.99. The number of anilines is 1. The Bertz CT molecular complexity index is 939. The van der Waals surface area contributed by atoms with E-state index in [0.717, 1.165) is 0 Å². The van der Waals surface area contributed by atoms with Crippen molar-refractivity contribution in [2.24, 2.45) is 0 Å². The molecule has 0 unspecified atom stereocenters. The van der Waals surface area contributed by atoms with E-state index >= 15 is 0 Å². The van der Waals surface area contributed by atoms with Gasteiger partial charge in [0.2, 0.25) is 5.91 Å². The van der Waals surface area contributed by atoms with Crippen LogP contribution in [-0.4, -0.2) is 28.1 Å². The van der Waals surface area contributed by atoms with E-state index in [0.29, 0.717) is 52.9 Å². The summed E-state index contributed by atoms with van der Waals surface area (Å²) in [7, 11) is 0. The predicted octanol–water partition coefficient (Wildman–Crippen LogP) is 4.30. The number of carboxylic acid groups (broad SMARTS) is 1. The van der Waals surface area contributed by atoms with Crippen molar-refractivity contribution < 1.29 is 19.4 Å². The molecule has 2 aromatic rings. The number of carbonyl (C=O) groups is 2. The van der Waals surface area contributed by atoms with Crippen LogP contribution in [0.25, 0.3) is 0 Å². The van der Waals surface area contributed by atoms with E-state index in [9.17, 15) is 14.7 Å². The Morgan fingerprint density at radius 1 is 1.22 bits per heavy atom. The third-order valence-corrected chi connectivity index (χ3v) is 5.75. The molecule has 2 heterocycles. The summed E-state index contributed by atoms with van der Waals surface area (Å²) in [5.41, 5.74) is 0.251. The number of rotatable bonds is 3. The van der Waals surface area contributed by atoms with Gasteiger partial charge in [-0.05, 0) is 56.0 Å².